The standard InChI is InChI=1S/C19H23ClN2O3.2ClH/c1-13(23)19(25-18-5-3-2-4-17(18)21)22-11-10-16(12-22)24-15-8-6-14(20)7-9-15;;/h2-9,13,16,19,23H,10-12,21H2,1H3;2*1H. The predicted octanol–water partition coefficient (Wildman–Crippen LogP) is 4.00. The molecular formula is C19H25Cl3N2O3. The number of nitrogens with two attached hydrogens (primary N) is 1. The maximum Gasteiger partial charge on any atom is 0.178 e. The van der Waals surface area contributed by atoms with Crippen molar-refractivity contribution in [2.75, 3.05) is 18.8 Å². The molecule has 3 N–H and O–H groups in total. The first-order valence-corrected chi connectivity index (χ1v) is 8.76. The molecule has 1 fully saturated rings. The highest BCUT2D eigenvalue weighted by Crippen LogP contribution is 2.26. The molecule has 150 valence electrons. The number of halogens is 3. The Labute approximate surface area is 177 Å². The summed E-state index contributed by atoms with van der Waals surface area (Å²) < 4.78 is 12.0. The van der Waals surface area contributed by atoms with Crippen molar-refractivity contribution in [1.29, 1.82) is 0 Å². The van der Waals surface area contributed by atoms with Crippen LogP contribution in [0.1, 0.15) is 13.3 Å². The van der Waals surface area contributed by atoms with E-state index in [1.165, 1.54) is 0 Å². The lowest BCUT2D eigenvalue weighted by Crippen LogP contribution is -2.46. The van der Waals surface area contributed by atoms with Crippen LogP contribution in [0.2, 0.25) is 5.02 Å². The van der Waals surface area contributed by atoms with Gasteiger partial charge in [0.1, 0.15) is 23.7 Å². The van der Waals surface area contributed by atoms with Gasteiger partial charge < -0.3 is 20.3 Å². The van der Waals surface area contributed by atoms with E-state index in [0.29, 0.717) is 23.0 Å². The Morgan fingerprint density at radius 3 is 2.44 bits per heavy atom. The Balaban J connectivity index is 0.00000182. The quantitative estimate of drug-likeness (QED) is 0.671. The summed E-state index contributed by atoms with van der Waals surface area (Å²) in [5.41, 5.74) is 6.51. The molecule has 3 rings (SSSR count). The summed E-state index contributed by atoms with van der Waals surface area (Å²) in [6.07, 6.45) is -0.226. The molecule has 5 nitrogen and oxygen atoms in total. The molecule has 0 radical (unpaired) electrons. The van der Waals surface area contributed by atoms with Gasteiger partial charge in [-0.2, -0.15) is 0 Å². The van der Waals surface area contributed by atoms with Gasteiger partial charge in [0.05, 0.1) is 5.69 Å². The molecular weight excluding hydrogens is 411 g/mol. The van der Waals surface area contributed by atoms with Crippen molar-refractivity contribution < 1.29 is 14.6 Å². The molecule has 1 aliphatic rings. The van der Waals surface area contributed by atoms with Gasteiger partial charge in [-0.3, -0.25) is 4.90 Å². The minimum Gasteiger partial charge on any atom is -0.489 e. The molecule has 1 saturated heterocycles. The zero-order valence-electron chi connectivity index (χ0n) is 15.0. The maximum atomic E-state index is 10.2. The maximum absolute atomic E-state index is 10.2. The number of rotatable bonds is 6. The lowest BCUT2D eigenvalue weighted by Gasteiger charge is -2.30. The highest BCUT2D eigenvalue weighted by molar-refractivity contribution is 6.30. The third kappa shape index (κ3) is 6.33. The van der Waals surface area contributed by atoms with Crippen molar-refractivity contribution in [2.45, 2.75) is 31.8 Å². The van der Waals surface area contributed by atoms with Crippen LogP contribution in [0, 0.1) is 0 Å². The molecule has 0 aromatic heterocycles. The van der Waals surface area contributed by atoms with Crippen LogP contribution >= 0.6 is 36.4 Å². The predicted molar refractivity (Wildman–Crippen MR) is 114 cm³/mol. The molecule has 1 aliphatic heterocycles. The van der Waals surface area contributed by atoms with Crippen LogP contribution in [0.15, 0.2) is 48.5 Å². The zero-order chi connectivity index (χ0) is 17.8. The summed E-state index contributed by atoms with van der Waals surface area (Å²) in [5, 5.41) is 10.9. The van der Waals surface area contributed by atoms with Gasteiger partial charge in [-0.1, -0.05) is 23.7 Å². The number of hydrogen-bond donors (Lipinski definition) is 2. The molecule has 27 heavy (non-hydrogen) atoms. The van der Waals surface area contributed by atoms with Crippen LogP contribution in [0.4, 0.5) is 5.69 Å². The first kappa shape index (κ1) is 23.7. The van der Waals surface area contributed by atoms with Crippen molar-refractivity contribution >= 4 is 42.1 Å². The average Bonchev–Trinajstić information content (AvgIpc) is 3.04. The van der Waals surface area contributed by atoms with Gasteiger partial charge in [-0.15, -0.1) is 24.8 Å². The van der Waals surface area contributed by atoms with E-state index < -0.39 is 12.3 Å². The SMILES string of the molecule is CC(O)C(Oc1ccccc1N)N1CCC(Oc2ccc(Cl)cc2)C1.Cl.Cl. The fraction of sp³-hybridized carbons (Fsp3) is 0.368. The first-order valence-electron chi connectivity index (χ1n) is 8.38. The van der Waals surface area contributed by atoms with Crippen LogP contribution in [-0.4, -0.2) is 41.5 Å². The number of likely N-dealkylation sites (tertiary alicyclic amines) is 1. The van der Waals surface area contributed by atoms with E-state index in [1.54, 1.807) is 13.0 Å². The Hall–Kier alpha value is -1.37. The van der Waals surface area contributed by atoms with Crippen molar-refractivity contribution in [3.8, 4) is 11.5 Å². The monoisotopic (exact) mass is 434 g/mol. The zero-order valence-corrected chi connectivity index (χ0v) is 17.3. The summed E-state index contributed by atoms with van der Waals surface area (Å²) in [7, 11) is 0. The molecule has 2 aromatic carbocycles. The van der Waals surface area contributed by atoms with E-state index in [1.807, 2.05) is 42.5 Å². The van der Waals surface area contributed by atoms with Crippen LogP contribution in [0.5, 0.6) is 11.5 Å². The largest absolute Gasteiger partial charge is 0.489 e. The average molecular weight is 436 g/mol. The molecule has 1 heterocycles. The molecule has 3 unspecified atom stereocenters. The molecule has 0 spiro atoms. The number of nitrogen functional groups attached to an aromatic ring is 1. The molecule has 0 aliphatic carbocycles. The second-order valence-corrected chi connectivity index (χ2v) is 6.70. The van der Waals surface area contributed by atoms with Crippen LogP contribution in [0.3, 0.4) is 0 Å². The van der Waals surface area contributed by atoms with E-state index in [2.05, 4.69) is 4.90 Å². The number of nitrogens with zero attached hydrogens (tertiary/aromatic N) is 1. The third-order valence-corrected chi connectivity index (χ3v) is 4.48. The minimum atomic E-state index is -0.658. The third-order valence-electron chi connectivity index (χ3n) is 4.23. The molecule has 0 bridgehead atoms. The van der Waals surface area contributed by atoms with E-state index in [4.69, 9.17) is 26.8 Å². The van der Waals surface area contributed by atoms with Gasteiger partial charge in [0.25, 0.3) is 0 Å². The Kier molecular flexibility index (Phi) is 9.50. The Morgan fingerprint density at radius 1 is 1.15 bits per heavy atom. The van der Waals surface area contributed by atoms with E-state index in [-0.39, 0.29) is 30.9 Å². The normalized spacial score (nSPS) is 18.7. The topological polar surface area (TPSA) is 68.0 Å². The highest BCUT2D eigenvalue weighted by Gasteiger charge is 2.33. The van der Waals surface area contributed by atoms with Gasteiger partial charge in [0.2, 0.25) is 0 Å². The molecule has 8 heteroatoms. The highest BCUT2D eigenvalue weighted by atomic mass is 35.5. The Bertz CT molecular complexity index is 701. The van der Waals surface area contributed by atoms with Crippen LogP contribution in [0.25, 0.3) is 0 Å². The summed E-state index contributed by atoms with van der Waals surface area (Å²) in [4.78, 5) is 2.08. The van der Waals surface area contributed by atoms with Crippen molar-refractivity contribution in [3.63, 3.8) is 0 Å². The van der Waals surface area contributed by atoms with Crippen molar-refractivity contribution in [3.05, 3.63) is 53.6 Å². The minimum absolute atomic E-state index is 0. The second-order valence-electron chi connectivity index (χ2n) is 6.26. The van der Waals surface area contributed by atoms with Crippen LogP contribution < -0.4 is 15.2 Å². The number of para-hydroxylation sites is 2. The number of anilines is 1. The number of aliphatic hydroxyl groups is 1. The smallest absolute Gasteiger partial charge is 0.178 e. The second kappa shape index (κ2) is 10.8. The fourth-order valence-corrected chi connectivity index (χ4v) is 3.11. The molecule has 0 saturated carbocycles. The van der Waals surface area contributed by atoms with Crippen LogP contribution in [-0.2, 0) is 0 Å². The van der Waals surface area contributed by atoms with Crippen molar-refractivity contribution in [2.24, 2.45) is 0 Å². The number of ether oxygens (including phenoxy) is 2. The molecule has 0 amide bonds. The summed E-state index contributed by atoms with van der Waals surface area (Å²) >= 11 is 5.90. The number of hydrogen-bond acceptors (Lipinski definition) is 5. The summed E-state index contributed by atoms with van der Waals surface area (Å²) in [6.45, 7) is 3.17. The van der Waals surface area contributed by atoms with Gasteiger partial charge in [-0.05, 0) is 49.7 Å². The number of aliphatic hydroxyl groups excluding tert-OH is 1. The lowest BCUT2D eigenvalue weighted by atomic mass is 10.3. The van der Waals surface area contributed by atoms with Gasteiger partial charge >= 0.3 is 0 Å². The Morgan fingerprint density at radius 2 is 1.81 bits per heavy atom. The van der Waals surface area contributed by atoms with E-state index in [9.17, 15) is 5.11 Å². The fourth-order valence-electron chi connectivity index (χ4n) is 2.98. The summed E-state index contributed by atoms with van der Waals surface area (Å²) in [5.74, 6) is 1.37. The molecule has 2 aromatic rings. The van der Waals surface area contributed by atoms with Crippen molar-refractivity contribution in [1.82, 2.24) is 4.90 Å². The van der Waals surface area contributed by atoms with Gasteiger partial charge in [-0.25, -0.2) is 0 Å². The van der Waals surface area contributed by atoms with Gasteiger partial charge in [0.15, 0.2) is 6.23 Å². The van der Waals surface area contributed by atoms with E-state index in [0.717, 1.165) is 18.7 Å². The number of benzene rings is 2. The first-order chi connectivity index (χ1) is 12.0. The lowest BCUT2D eigenvalue weighted by molar-refractivity contribution is -0.0506. The van der Waals surface area contributed by atoms with E-state index >= 15 is 0 Å². The molecule has 3 atom stereocenters. The van der Waals surface area contributed by atoms with Gasteiger partial charge in [0, 0.05) is 18.1 Å². The summed E-state index contributed by atoms with van der Waals surface area (Å²) in [6, 6.07) is 14.6.